The Morgan fingerprint density at radius 2 is 1.79 bits per heavy atom. The van der Waals surface area contributed by atoms with Crippen LogP contribution in [0.25, 0.3) is 0 Å². The van der Waals surface area contributed by atoms with E-state index >= 15 is 0 Å². The molecule has 10 heteroatoms. The van der Waals surface area contributed by atoms with Crippen LogP contribution in [-0.4, -0.2) is 60.3 Å². The minimum atomic E-state index is -4.02. The SMILES string of the molecule is O=C(NO)C1CN(C(=O)c2cccc(F)c2)CCN1S(=O)(=O)c1ccccc1. The third kappa shape index (κ3) is 3.88. The Morgan fingerprint density at radius 3 is 2.43 bits per heavy atom. The van der Waals surface area contributed by atoms with Crippen LogP contribution in [0.2, 0.25) is 0 Å². The van der Waals surface area contributed by atoms with Crippen molar-refractivity contribution >= 4 is 21.8 Å². The second-order valence-corrected chi connectivity index (χ2v) is 8.07. The van der Waals surface area contributed by atoms with Crippen molar-refractivity contribution in [3.63, 3.8) is 0 Å². The second-order valence-electron chi connectivity index (χ2n) is 6.18. The number of nitrogens with one attached hydrogen (secondary N) is 1. The lowest BCUT2D eigenvalue weighted by molar-refractivity contribution is -0.134. The number of sulfonamides is 1. The molecule has 0 aromatic heterocycles. The van der Waals surface area contributed by atoms with E-state index in [-0.39, 0.29) is 30.1 Å². The largest absolute Gasteiger partial charge is 0.335 e. The van der Waals surface area contributed by atoms with Crippen molar-refractivity contribution in [2.45, 2.75) is 10.9 Å². The molecule has 1 heterocycles. The van der Waals surface area contributed by atoms with E-state index < -0.39 is 33.7 Å². The molecular weight excluding hydrogens is 389 g/mol. The third-order valence-corrected chi connectivity index (χ3v) is 6.38. The van der Waals surface area contributed by atoms with Crippen LogP contribution in [0, 0.1) is 5.82 Å². The standard InChI is InChI=1S/C18H18FN3O5S/c19-14-6-4-5-13(11-14)18(24)21-9-10-22(16(12-21)17(23)20-25)28(26,27)15-7-2-1-3-8-15/h1-8,11,16,25H,9-10,12H2,(H,20,23). The molecule has 0 saturated carbocycles. The van der Waals surface area contributed by atoms with Gasteiger partial charge in [0.25, 0.3) is 11.8 Å². The Labute approximate surface area is 161 Å². The zero-order valence-electron chi connectivity index (χ0n) is 14.7. The van der Waals surface area contributed by atoms with E-state index in [9.17, 15) is 22.4 Å². The van der Waals surface area contributed by atoms with Crippen LogP contribution in [0.5, 0.6) is 0 Å². The molecule has 1 fully saturated rings. The fourth-order valence-corrected chi connectivity index (χ4v) is 4.65. The lowest BCUT2D eigenvalue weighted by atomic mass is 10.1. The highest BCUT2D eigenvalue weighted by Crippen LogP contribution is 2.22. The van der Waals surface area contributed by atoms with Gasteiger partial charge in [-0.2, -0.15) is 4.31 Å². The van der Waals surface area contributed by atoms with Crippen molar-refractivity contribution in [3.05, 3.63) is 66.0 Å². The van der Waals surface area contributed by atoms with Gasteiger partial charge in [0, 0.05) is 25.2 Å². The van der Waals surface area contributed by atoms with Crippen molar-refractivity contribution < 1.29 is 27.6 Å². The van der Waals surface area contributed by atoms with E-state index in [2.05, 4.69) is 0 Å². The zero-order chi connectivity index (χ0) is 20.3. The number of piperazine rings is 1. The summed E-state index contributed by atoms with van der Waals surface area (Å²) < 4.78 is 40.2. The Kier molecular flexibility index (Phi) is 5.73. The van der Waals surface area contributed by atoms with Gasteiger partial charge in [-0.3, -0.25) is 14.8 Å². The highest BCUT2D eigenvalue weighted by Gasteiger charge is 2.41. The molecule has 8 nitrogen and oxygen atoms in total. The summed E-state index contributed by atoms with van der Waals surface area (Å²) >= 11 is 0. The van der Waals surface area contributed by atoms with Crippen molar-refractivity contribution in [2.75, 3.05) is 19.6 Å². The molecule has 2 aromatic carbocycles. The molecule has 0 spiro atoms. The predicted octanol–water partition coefficient (Wildman–Crippen LogP) is 0.846. The van der Waals surface area contributed by atoms with Gasteiger partial charge in [-0.15, -0.1) is 0 Å². The number of amides is 2. The summed E-state index contributed by atoms with van der Waals surface area (Å²) in [5, 5.41) is 9.05. The second kappa shape index (κ2) is 8.05. The number of rotatable bonds is 4. The van der Waals surface area contributed by atoms with Gasteiger partial charge in [0.15, 0.2) is 0 Å². The monoisotopic (exact) mass is 407 g/mol. The quantitative estimate of drug-likeness (QED) is 0.577. The molecule has 3 rings (SSSR count). The Hall–Kier alpha value is -2.82. The summed E-state index contributed by atoms with van der Waals surface area (Å²) in [7, 11) is -4.02. The van der Waals surface area contributed by atoms with Crippen LogP contribution < -0.4 is 5.48 Å². The van der Waals surface area contributed by atoms with Gasteiger partial charge < -0.3 is 4.90 Å². The first kappa shape index (κ1) is 19.9. The number of hydroxylamine groups is 1. The van der Waals surface area contributed by atoms with Crippen LogP contribution >= 0.6 is 0 Å². The van der Waals surface area contributed by atoms with Crippen molar-refractivity contribution in [1.29, 1.82) is 0 Å². The van der Waals surface area contributed by atoms with Gasteiger partial charge >= 0.3 is 0 Å². The number of carbonyl (C=O) groups excluding carboxylic acids is 2. The third-order valence-electron chi connectivity index (χ3n) is 4.45. The zero-order valence-corrected chi connectivity index (χ0v) is 15.5. The lowest BCUT2D eigenvalue weighted by Crippen LogP contribution is -2.61. The summed E-state index contributed by atoms with van der Waals surface area (Å²) in [6.45, 7) is -0.430. The molecule has 0 aliphatic carbocycles. The number of benzene rings is 2. The molecule has 2 aromatic rings. The first-order chi connectivity index (χ1) is 13.3. The average molecular weight is 407 g/mol. The Morgan fingerprint density at radius 1 is 1.07 bits per heavy atom. The number of hydrogen-bond acceptors (Lipinski definition) is 5. The molecule has 0 bridgehead atoms. The summed E-state index contributed by atoms with van der Waals surface area (Å²) in [5.74, 6) is -2.08. The molecule has 28 heavy (non-hydrogen) atoms. The van der Waals surface area contributed by atoms with Gasteiger partial charge in [-0.05, 0) is 30.3 Å². The number of hydrogen-bond donors (Lipinski definition) is 2. The molecular formula is C18H18FN3O5S. The summed E-state index contributed by atoms with van der Waals surface area (Å²) in [4.78, 5) is 26.0. The molecule has 0 radical (unpaired) electrons. The first-order valence-electron chi connectivity index (χ1n) is 8.40. The van der Waals surface area contributed by atoms with Crippen LogP contribution in [0.1, 0.15) is 10.4 Å². The molecule has 1 saturated heterocycles. The van der Waals surface area contributed by atoms with E-state index in [0.29, 0.717) is 0 Å². The molecule has 1 aliphatic rings. The topological polar surface area (TPSA) is 107 Å². The van der Waals surface area contributed by atoms with Crippen LogP contribution in [0.15, 0.2) is 59.5 Å². The van der Waals surface area contributed by atoms with E-state index in [1.807, 2.05) is 0 Å². The van der Waals surface area contributed by atoms with Crippen molar-refractivity contribution in [3.8, 4) is 0 Å². The molecule has 148 valence electrons. The van der Waals surface area contributed by atoms with Crippen LogP contribution in [-0.2, 0) is 14.8 Å². The maximum atomic E-state index is 13.4. The van der Waals surface area contributed by atoms with Gasteiger partial charge in [0.1, 0.15) is 11.9 Å². The maximum absolute atomic E-state index is 13.4. The maximum Gasteiger partial charge on any atom is 0.263 e. The van der Waals surface area contributed by atoms with Gasteiger partial charge in [0.2, 0.25) is 10.0 Å². The van der Waals surface area contributed by atoms with Crippen molar-refractivity contribution in [2.24, 2.45) is 0 Å². The normalized spacial score (nSPS) is 17.9. The van der Waals surface area contributed by atoms with Gasteiger partial charge in [-0.1, -0.05) is 24.3 Å². The minimum Gasteiger partial charge on any atom is -0.335 e. The van der Waals surface area contributed by atoms with E-state index in [1.165, 1.54) is 40.7 Å². The molecule has 2 amide bonds. The highest BCUT2D eigenvalue weighted by molar-refractivity contribution is 7.89. The van der Waals surface area contributed by atoms with Crippen molar-refractivity contribution in [1.82, 2.24) is 14.7 Å². The van der Waals surface area contributed by atoms with Gasteiger partial charge in [0.05, 0.1) is 4.90 Å². The summed E-state index contributed by atoms with van der Waals surface area (Å²) in [6, 6.07) is 11.3. The minimum absolute atomic E-state index is 0.00403. The number of halogens is 1. The number of carbonyl (C=O) groups is 2. The molecule has 1 atom stereocenters. The highest BCUT2D eigenvalue weighted by atomic mass is 32.2. The predicted molar refractivity (Wildman–Crippen MR) is 96.4 cm³/mol. The van der Waals surface area contributed by atoms with E-state index in [1.54, 1.807) is 18.2 Å². The Bertz CT molecular complexity index is 984. The molecule has 1 aliphatic heterocycles. The lowest BCUT2D eigenvalue weighted by Gasteiger charge is -2.39. The Balaban J connectivity index is 1.88. The van der Waals surface area contributed by atoms with E-state index in [4.69, 9.17) is 5.21 Å². The molecule has 2 N–H and O–H groups in total. The summed E-state index contributed by atoms with van der Waals surface area (Å²) in [5.41, 5.74) is 1.54. The summed E-state index contributed by atoms with van der Waals surface area (Å²) in [6.07, 6.45) is 0. The first-order valence-corrected chi connectivity index (χ1v) is 9.84. The fourth-order valence-electron chi connectivity index (χ4n) is 3.06. The van der Waals surface area contributed by atoms with Crippen LogP contribution in [0.4, 0.5) is 4.39 Å². The molecule has 1 unspecified atom stereocenters. The van der Waals surface area contributed by atoms with Crippen LogP contribution in [0.3, 0.4) is 0 Å². The fraction of sp³-hybridized carbons (Fsp3) is 0.222. The number of nitrogens with zero attached hydrogens (tertiary/aromatic N) is 2. The van der Waals surface area contributed by atoms with E-state index in [0.717, 1.165) is 10.4 Å². The average Bonchev–Trinajstić information content (AvgIpc) is 2.72. The van der Waals surface area contributed by atoms with Gasteiger partial charge in [-0.25, -0.2) is 18.3 Å². The smallest absolute Gasteiger partial charge is 0.263 e.